The fraction of sp³-hybridized carbons (Fsp3) is 0.375. The number of rotatable bonds is 4. The number of allylic oxidation sites excluding steroid dienone is 2. The molecule has 1 heteroatoms. The predicted octanol–water partition coefficient (Wildman–Crippen LogP) is 4.40. The quantitative estimate of drug-likeness (QED) is 0.752. The third kappa shape index (κ3) is 3.48. The van der Waals surface area contributed by atoms with Crippen LogP contribution >= 0.6 is 0 Å². The molecule has 0 bridgehead atoms. The van der Waals surface area contributed by atoms with Gasteiger partial charge in [0.1, 0.15) is 0 Å². The lowest BCUT2D eigenvalue weighted by Gasteiger charge is -2.22. The van der Waals surface area contributed by atoms with Gasteiger partial charge in [0.25, 0.3) is 0 Å². The van der Waals surface area contributed by atoms with Gasteiger partial charge in [-0.1, -0.05) is 42.0 Å². The van der Waals surface area contributed by atoms with Gasteiger partial charge in [-0.15, -0.1) is 0 Å². The van der Waals surface area contributed by atoms with Crippen LogP contribution in [0.3, 0.4) is 0 Å². The Labute approximate surface area is 104 Å². The van der Waals surface area contributed by atoms with Crippen LogP contribution in [-0.4, -0.2) is 6.54 Å². The third-order valence-corrected chi connectivity index (χ3v) is 3.50. The van der Waals surface area contributed by atoms with Crippen molar-refractivity contribution in [2.75, 3.05) is 11.9 Å². The van der Waals surface area contributed by atoms with Crippen LogP contribution in [0.5, 0.6) is 0 Å². The normalized spacial score (nSPS) is 19.6. The van der Waals surface area contributed by atoms with Crippen LogP contribution in [0.1, 0.15) is 26.2 Å². The maximum Gasteiger partial charge on any atom is 0.0360 e. The zero-order chi connectivity index (χ0) is 12.1. The van der Waals surface area contributed by atoms with Crippen LogP contribution in [0.4, 0.5) is 5.69 Å². The molecule has 1 atom stereocenters. The van der Waals surface area contributed by atoms with E-state index < -0.39 is 0 Å². The zero-order valence-electron chi connectivity index (χ0n) is 10.6. The summed E-state index contributed by atoms with van der Waals surface area (Å²) in [5, 5.41) is 3.47. The number of para-hydroxylation sites is 1. The Morgan fingerprint density at radius 2 is 2.12 bits per heavy atom. The molecule has 17 heavy (non-hydrogen) atoms. The standard InChI is InChI=1S/C16H21N/c1-13(2)15-10-8-14(9-11-15)12-17-16-6-4-3-5-7-16/h3-8,15,17H,1,9-12H2,2H3. The number of benzene rings is 1. The highest BCUT2D eigenvalue weighted by Crippen LogP contribution is 2.28. The van der Waals surface area contributed by atoms with Gasteiger partial charge in [-0.25, -0.2) is 0 Å². The number of anilines is 1. The first-order valence-electron chi connectivity index (χ1n) is 6.38. The summed E-state index contributed by atoms with van der Waals surface area (Å²) in [6, 6.07) is 10.4. The van der Waals surface area contributed by atoms with E-state index in [0.717, 1.165) is 6.54 Å². The van der Waals surface area contributed by atoms with Gasteiger partial charge in [0.2, 0.25) is 0 Å². The van der Waals surface area contributed by atoms with E-state index in [4.69, 9.17) is 0 Å². The minimum absolute atomic E-state index is 0.704. The molecule has 0 heterocycles. The Morgan fingerprint density at radius 3 is 2.71 bits per heavy atom. The van der Waals surface area contributed by atoms with E-state index >= 15 is 0 Å². The molecular weight excluding hydrogens is 206 g/mol. The molecule has 1 aromatic rings. The smallest absolute Gasteiger partial charge is 0.0360 e. The molecule has 0 aromatic heterocycles. The van der Waals surface area contributed by atoms with Crippen LogP contribution in [0, 0.1) is 5.92 Å². The summed E-state index contributed by atoms with van der Waals surface area (Å²) >= 11 is 0. The third-order valence-electron chi connectivity index (χ3n) is 3.50. The lowest BCUT2D eigenvalue weighted by molar-refractivity contribution is 0.538. The highest BCUT2D eigenvalue weighted by molar-refractivity contribution is 5.43. The second-order valence-corrected chi connectivity index (χ2v) is 4.90. The molecule has 0 amide bonds. The van der Waals surface area contributed by atoms with Crippen molar-refractivity contribution in [1.82, 2.24) is 0 Å². The molecule has 1 aliphatic rings. The van der Waals surface area contributed by atoms with Crippen LogP contribution in [0.15, 0.2) is 54.1 Å². The van der Waals surface area contributed by atoms with Gasteiger partial charge < -0.3 is 5.32 Å². The summed E-state index contributed by atoms with van der Waals surface area (Å²) in [5.41, 5.74) is 4.07. The first-order chi connectivity index (χ1) is 8.25. The van der Waals surface area contributed by atoms with Gasteiger partial charge in [-0.2, -0.15) is 0 Å². The molecule has 90 valence electrons. The van der Waals surface area contributed by atoms with Crippen molar-refractivity contribution in [3.8, 4) is 0 Å². The van der Waals surface area contributed by atoms with Gasteiger partial charge in [0.15, 0.2) is 0 Å². The minimum atomic E-state index is 0.704. The predicted molar refractivity (Wildman–Crippen MR) is 75.2 cm³/mol. The summed E-state index contributed by atoms with van der Waals surface area (Å²) < 4.78 is 0. The van der Waals surface area contributed by atoms with E-state index in [1.54, 1.807) is 0 Å². The first-order valence-corrected chi connectivity index (χ1v) is 6.38. The van der Waals surface area contributed by atoms with Crippen molar-refractivity contribution in [2.24, 2.45) is 5.92 Å². The summed E-state index contributed by atoms with van der Waals surface area (Å²) in [4.78, 5) is 0. The molecule has 1 N–H and O–H groups in total. The van der Waals surface area contributed by atoms with Crippen molar-refractivity contribution in [1.29, 1.82) is 0 Å². The molecule has 0 aliphatic heterocycles. The lowest BCUT2D eigenvalue weighted by atomic mass is 9.85. The van der Waals surface area contributed by atoms with Crippen molar-refractivity contribution >= 4 is 5.69 Å². The Morgan fingerprint density at radius 1 is 1.35 bits per heavy atom. The second-order valence-electron chi connectivity index (χ2n) is 4.90. The summed E-state index contributed by atoms with van der Waals surface area (Å²) in [6.07, 6.45) is 6.02. The van der Waals surface area contributed by atoms with E-state index in [2.05, 4.69) is 49.2 Å². The van der Waals surface area contributed by atoms with Crippen LogP contribution in [0.2, 0.25) is 0 Å². The average Bonchev–Trinajstić information content (AvgIpc) is 2.38. The molecule has 2 rings (SSSR count). The maximum atomic E-state index is 4.05. The van der Waals surface area contributed by atoms with E-state index in [1.165, 1.54) is 36.1 Å². The molecule has 0 saturated heterocycles. The van der Waals surface area contributed by atoms with E-state index in [-0.39, 0.29) is 0 Å². The van der Waals surface area contributed by atoms with E-state index in [0.29, 0.717) is 5.92 Å². The fourth-order valence-corrected chi connectivity index (χ4v) is 2.27. The van der Waals surface area contributed by atoms with Crippen molar-refractivity contribution in [3.05, 3.63) is 54.1 Å². The van der Waals surface area contributed by atoms with Crippen molar-refractivity contribution in [2.45, 2.75) is 26.2 Å². The highest BCUT2D eigenvalue weighted by Gasteiger charge is 2.14. The molecule has 1 unspecified atom stereocenters. The van der Waals surface area contributed by atoms with E-state index in [9.17, 15) is 0 Å². The first kappa shape index (κ1) is 12.0. The maximum absolute atomic E-state index is 4.05. The second kappa shape index (κ2) is 5.72. The summed E-state index contributed by atoms with van der Waals surface area (Å²) in [6.45, 7) is 7.18. The van der Waals surface area contributed by atoms with Gasteiger partial charge in [-0.05, 0) is 44.2 Å². The van der Waals surface area contributed by atoms with Gasteiger partial charge in [-0.3, -0.25) is 0 Å². The van der Waals surface area contributed by atoms with E-state index in [1.807, 2.05) is 6.07 Å². The van der Waals surface area contributed by atoms with Gasteiger partial charge >= 0.3 is 0 Å². The van der Waals surface area contributed by atoms with Crippen LogP contribution in [0.25, 0.3) is 0 Å². The monoisotopic (exact) mass is 227 g/mol. The molecule has 1 aliphatic carbocycles. The highest BCUT2D eigenvalue weighted by atomic mass is 14.9. The average molecular weight is 227 g/mol. The Kier molecular flexibility index (Phi) is 4.03. The number of hydrogen-bond acceptors (Lipinski definition) is 1. The minimum Gasteiger partial charge on any atom is -0.381 e. The molecule has 0 spiro atoms. The molecule has 1 nitrogen and oxygen atoms in total. The van der Waals surface area contributed by atoms with Crippen LogP contribution in [-0.2, 0) is 0 Å². The molecule has 0 saturated carbocycles. The summed E-state index contributed by atoms with van der Waals surface area (Å²) in [7, 11) is 0. The molecule has 0 fully saturated rings. The van der Waals surface area contributed by atoms with Gasteiger partial charge in [0.05, 0.1) is 0 Å². The topological polar surface area (TPSA) is 12.0 Å². The zero-order valence-corrected chi connectivity index (χ0v) is 10.6. The number of hydrogen-bond donors (Lipinski definition) is 1. The number of nitrogens with one attached hydrogen (secondary N) is 1. The molecule has 0 radical (unpaired) electrons. The summed E-state index contributed by atoms with van der Waals surface area (Å²) in [5.74, 6) is 0.704. The Balaban J connectivity index is 1.83. The Bertz CT molecular complexity index is 403. The molecule has 1 aromatic carbocycles. The Hall–Kier alpha value is -1.50. The fourth-order valence-electron chi connectivity index (χ4n) is 2.27. The lowest BCUT2D eigenvalue weighted by Crippen LogP contribution is -2.12. The van der Waals surface area contributed by atoms with Crippen molar-refractivity contribution < 1.29 is 0 Å². The SMILES string of the molecule is C=C(C)C1CC=C(CNc2ccccc2)CC1. The molecular formula is C16H21N. The van der Waals surface area contributed by atoms with Crippen LogP contribution < -0.4 is 5.32 Å². The van der Waals surface area contributed by atoms with Crippen molar-refractivity contribution in [3.63, 3.8) is 0 Å². The largest absolute Gasteiger partial charge is 0.381 e. The van der Waals surface area contributed by atoms with Gasteiger partial charge in [0, 0.05) is 12.2 Å².